The van der Waals surface area contributed by atoms with Gasteiger partial charge in [0.2, 0.25) is 5.91 Å². The van der Waals surface area contributed by atoms with Crippen molar-refractivity contribution in [2.75, 3.05) is 11.9 Å². The number of hydrogen-bond acceptors (Lipinski definition) is 3. The molecule has 0 saturated carbocycles. The summed E-state index contributed by atoms with van der Waals surface area (Å²) in [6, 6.07) is 21.2. The number of nitrogens with one attached hydrogen (secondary N) is 2. The highest BCUT2D eigenvalue weighted by Crippen LogP contribution is 2.40. The number of carbonyl (C=O) groups excluding carboxylic acids is 3. The molecule has 2 aliphatic rings. The first-order valence-electron chi connectivity index (χ1n) is 12.0. The molecule has 6 rings (SSSR count). The van der Waals surface area contributed by atoms with E-state index in [2.05, 4.69) is 34.3 Å². The summed E-state index contributed by atoms with van der Waals surface area (Å²) >= 11 is 0. The molecule has 1 aliphatic heterocycles. The molecule has 7 nitrogen and oxygen atoms in total. The number of imide groups is 1. The predicted octanol–water partition coefficient (Wildman–Crippen LogP) is 4.54. The van der Waals surface area contributed by atoms with E-state index in [1.54, 1.807) is 0 Å². The van der Waals surface area contributed by atoms with Crippen LogP contribution >= 0.6 is 0 Å². The maximum Gasteiger partial charge on any atom is 0.325 e. The molecule has 176 valence electrons. The van der Waals surface area contributed by atoms with Crippen LogP contribution < -0.4 is 10.6 Å². The highest BCUT2D eigenvalue weighted by Gasteiger charge is 2.54. The third-order valence-electron chi connectivity index (χ3n) is 7.32. The van der Waals surface area contributed by atoms with Crippen molar-refractivity contribution in [1.82, 2.24) is 14.8 Å². The fraction of sp³-hybridized carbons (Fsp3) is 0.250. The van der Waals surface area contributed by atoms with Gasteiger partial charge in [0.1, 0.15) is 12.1 Å². The zero-order valence-electron chi connectivity index (χ0n) is 19.5. The van der Waals surface area contributed by atoms with Crippen LogP contribution in [0.4, 0.5) is 10.5 Å². The Kier molecular flexibility index (Phi) is 4.88. The highest BCUT2D eigenvalue weighted by molar-refractivity contribution is 6.12. The lowest BCUT2D eigenvalue weighted by Crippen LogP contribution is -2.47. The van der Waals surface area contributed by atoms with Crippen LogP contribution in [0, 0.1) is 0 Å². The normalized spacial score (nSPS) is 19.4. The average molecular weight is 467 g/mol. The van der Waals surface area contributed by atoms with Gasteiger partial charge in [-0.15, -0.1) is 0 Å². The predicted molar refractivity (Wildman–Crippen MR) is 135 cm³/mol. The standard InChI is InChI=1S/C28H26N4O3/c1-2-31-23-12-6-4-10-20(23)21-16-19(13-14-24(21)31)29-25(33)17-32-26(34)28(30-27(32)35)15-7-9-18-8-3-5-11-22(18)28/h3-6,8,10-14,16H,2,7,9,15,17H2,1H3,(H,29,33)(H,30,35)/t28-/m1/s1. The Labute approximate surface area is 202 Å². The summed E-state index contributed by atoms with van der Waals surface area (Å²) in [5, 5.41) is 7.95. The van der Waals surface area contributed by atoms with Crippen LogP contribution in [0.5, 0.6) is 0 Å². The molecule has 2 heterocycles. The van der Waals surface area contributed by atoms with Crippen molar-refractivity contribution in [2.45, 2.75) is 38.3 Å². The van der Waals surface area contributed by atoms with Crippen LogP contribution in [-0.4, -0.2) is 33.9 Å². The molecule has 1 fully saturated rings. The third-order valence-corrected chi connectivity index (χ3v) is 7.32. The number of carbonyl (C=O) groups is 3. The minimum atomic E-state index is -1.08. The largest absolute Gasteiger partial charge is 0.341 e. The van der Waals surface area contributed by atoms with Crippen LogP contribution in [0.3, 0.4) is 0 Å². The number of benzene rings is 3. The molecule has 0 radical (unpaired) electrons. The molecule has 3 aromatic carbocycles. The van der Waals surface area contributed by atoms with Crippen molar-refractivity contribution in [2.24, 2.45) is 0 Å². The zero-order valence-corrected chi connectivity index (χ0v) is 19.5. The van der Waals surface area contributed by atoms with E-state index >= 15 is 0 Å². The number of para-hydroxylation sites is 1. The van der Waals surface area contributed by atoms with Crippen molar-refractivity contribution in [3.05, 3.63) is 77.9 Å². The van der Waals surface area contributed by atoms with Crippen molar-refractivity contribution < 1.29 is 14.4 Å². The smallest absolute Gasteiger partial charge is 0.325 e. The number of urea groups is 1. The number of anilines is 1. The SMILES string of the molecule is CCn1c2ccccc2c2cc(NC(=O)CN3C(=O)N[C@@]4(CCCc5ccccc54)C3=O)ccc21. The van der Waals surface area contributed by atoms with Crippen LogP contribution in [0.25, 0.3) is 21.8 Å². The van der Waals surface area contributed by atoms with Crippen molar-refractivity contribution >= 4 is 45.3 Å². The Morgan fingerprint density at radius 1 is 1.00 bits per heavy atom. The summed E-state index contributed by atoms with van der Waals surface area (Å²) in [6.45, 7) is 2.62. The van der Waals surface area contributed by atoms with Gasteiger partial charge in [-0.05, 0) is 61.6 Å². The molecular weight excluding hydrogens is 440 g/mol. The lowest BCUT2D eigenvalue weighted by molar-refractivity contribution is -0.134. The first-order valence-corrected chi connectivity index (χ1v) is 12.0. The summed E-state index contributed by atoms with van der Waals surface area (Å²) in [5.41, 5.74) is 3.70. The Morgan fingerprint density at radius 3 is 2.63 bits per heavy atom. The maximum absolute atomic E-state index is 13.5. The molecule has 0 unspecified atom stereocenters. The summed E-state index contributed by atoms with van der Waals surface area (Å²) in [6.07, 6.45) is 2.21. The van der Waals surface area contributed by atoms with Gasteiger partial charge in [0.15, 0.2) is 0 Å². The molecule has 4 amide bonds. The van der Waals surface area contributed by atoms with Gasteiger partial charge in [0, 0.05) is 34.0 Å². The van der Waals surface area contributed by atoms with Gasteiger partial charge in [-0.1, -0.05) is 42.5 Å². The molecule has 1 aliphatic carbocycles. The summed E-state index contributed by atoms with van der Waals surface area (Å²) in [7, 11) is 0. The quantitative estimate of drug-likeness (QED) is 0.433. The van der Waals surface area contributed by atoms with E-state index in [1.165, 1.54) is 0 Å². The van der Waals surface area contributed by atoms with Gasteiger partial charge in [-0.2, -0.15) is 0 Å². The van der Waals surface area contributed by atoms with Crippen LogP contribution in [0.15, 0.2) is 66.7 Å². The number of aromatic nitrogens is 1. The minimum absolute atomic E-state index is 0.330. The van der Waals surface area contributed by atoms with E-state index in [0.29, 0.717) is 12.1 Å². The number of nitrogens with zero attached hydrogens (tertiary/aromatic N) is 2. The van der Waals surface area contributed by atoms with E-state index in [0.717, 1.165) is 57.2 Å². The van der Waals surface area contributed by atoms with Gasteiger partial charge >= 0.3 is 6.03 Å². The number of amides is 4. The summed E-state index contributed by atoms with van der Waals surface area (Å²) in [4.78, 5) is 40.3. The van der Waals surface area contributed by atoms with E-state index in [1.807, 2.05) is 54.6 Å². The van der Waals surface area contributed by atoms with Gasteiger partial charge in [0.25, 0.3) is 5.91 Å². The topological polar surface area (TPSA) is 83.4 Å². The fourth-order valence-corrected chi connectivity index (χ4v) is 5.77. The molecule has 1 aromatic heterocycles. The van der Waals surface area contributed by atoms with Gasteiger partial charge < -0.3 is 15.2 Å². The second-order valence-corrected chi connectivity index (χ2v) is 9.28. The Balaban J connectivity index is 1.25. The zero-order chi connectivity index (χ0) is 24.2. The monoisotopic (exact) mass is 466 g/mol. The maximum atomic E-state index is 13.5. The lowest BCUT2D eigenvalue weighted by atomic mass is 9.76. The number of aryl methyl sites for hydroxylation is 2. The van der Waals surface area contributed by atoms with Crippen molar-refractivity contribution in [3.63, 3.8) is 0 Å². The Hall–Kier alpha value is -4.13. The van der Waals surface area contributed by atoms with Crippen molar-refractivity contribution in [1.29, 1.82) is 0 Å². The van der Waals surface area contributed by atoms with E-state index in [-0.39, 0.29) is 12.5 Å². The average Bonchev–Trinajstić information content (AvgIpc) is 3.31. The van der Waals surface area contributed by atoms with E-state index < -0.39 is 17.5 Å². The molecule has 0 bridgehead atoms. The Bertz CT molecular complexity index is 1520. The molecule has 1 saturated heterocycles. The summed E-state index contributed by atoms with van der Waals surface area (Å²) < 4.78 is 2.24. The van der Waals surface area contributed by atoms with E-state index in [4.69, 9.17) is 0 Å². The Morgan fingerprint density at radius 2 is 1.77 bits per heavy atom. The number of rotatable bonds is 4. The molecule has 1 atom stereocenters. The number of fused-ring (bicyclic) bond motifs is 5. The first kappa shape index (κ1) is 21.4. The highest BCUT2D eigenvalue weighted by atomic mass is 16.2. The molecular formula is C28H26N4O3. The fourth-order valence-electron chi connectivity index (χ4n) is 5.77. The third kappa shape index (κ3) is 3.22. The van der Waals surface area contributed by atoms with Gasteiger partial charge in [-0.25, -0.2) is 4.79 Å². The molecule has 1 spiro atoms. The van der Waals surface area contributed by atoms with E-state index in [9.17, 15) is 14.4 Å². The van der Waals surface area contributed by atoms with Crippen molar-refractivity contribution in [3.8, 4) is 0 Å². The lowest BCUT2D eigenvalue weighted by Gasteiger charge is -2.33. The van der Waals surface area contributed by atoms with Gasteiger partial charge in [0.05, 0.1) is 0 Å². The number of hydrogen-bond donors (Lipinski definition) is 2. The summed E-state index contributed by atoms with van der Waals surface area (Å²) in [5.74, 6) is -0.764. The van der Waals surface area contributed by atoms with Gasteiger partial charge in [-0.3, -0.25) is 14.5 Å². The van der Waals surface area contributed by atoms with Crippen LogP contribution in [0.1, 0.15) is 30.9 Å². The second kappa shape index (κ2) is 7.98. The molecule has 2 N–H and O–H groups in total. The minimum Gasteiger partial charge on any atom is -0.341 e. The van der Waals surface area contributed by atoms with Crippen LogP contribution in [-0.2, 0) is 28.1 Å². The molecule has 35 heavy (non-hydrogen) atoms. The molecule has 7 heteroatoms. The molecule has 4 aromatic rings. The second-order valence-electron chi connectivity index (χ2n) is 9.28. The van der Waals surface area contributed by atoms with Crippen LogP contribution in [0.2, 0.25) is 0 Å². The first-order chi connectivity index (χ1) is 17.0.